The molecule has 0 unspecified atom stereocenters. The van der Waals surface area contributed by atoms with E-state index >= 15 is 0 Å². The molecule has 2 atom stereocenters. The first-order chi connectivity index (χ1) is 4.20. The summed E-state index contributed by atoms with van der Waals surface area (Å²) in [4.78, 5) is 2.20. The lowest BCUT2D eigenvalue weighted by molar-refractivity contribution is -0.0794. The van der Waals surface area contributed by atoms with Gasteiger partial charge in [0.15, 0.2) is 0 Å². The molecule has 1 aliphatic heterocycles. The van der Waals surface area contributed by atoms with Gasteiger partial charge < -0.3 is 4.74 Å². The predicted molar refractivity (Wildman–Crippen MR) is 37.2 cm³/mol. The summed E-state index contributed by atoms with van der Waals surface area (Å²) in [6.07, 6.45) is 0.446. The van der Waals surface area contributed by atoms with Crippen molar-refractivity contribution in [2.24, 2.45) is 5.92 Å². The van der Waals surface area contributed by atoms with Gasteiger partial charge in [0, 0.05) is 6.54 Å². The SMILES string of the molecule is C[C@@H]1CN(C)CO[C@H]1C. The normalized spacial score (nSPS) is 39.0. The zero-order valence-corrected chi connectivity index (χ0v) is 6.42. The van der Waals surface area contributed by atoms with Crippen molar-refractivity contribution in [3.05, 3.63) is 0 Å². The molecule has 0 aromatic carbocycles. The molecule has 9 heavy (non-hydrogen) atoms. The number of ether oxygens (including phenoxy) is 1. The molecule has 0 aromatic heterocycles. The highest BCUT2D eigenvalue weighted by molar-refractivity contribution is 4.68. The smallest absolute Gasteiger partial charge is 0.0991 e. The second-order valence-electron chi connectivity index (χ2n) is 3.02. The van der Waals surface area contributed by atoms with Gasteiger partial charge in [0.05, 0.1) is 12.8 Å². The molecule has 0 N–H and O–H groups in total. The van der Waals surface area contributed by atoms with Crippen LogP contribution in [0.25, 0.3) is 0 Å². The van der Waals surface area contributed by atoms with E-state index in [1.165, 1.54) is 6.54 Å². The van der Waals surface area contributed by atoms with E-state index in [9.17, 15) is 0 Å². The van der Waals surface area contributed by atoms with Crippen LogP contribution in [0.3, 0.4) is 0 Å². The molecule has 0 aromatic rings. The van der Waals surface area contributed by atoms with Crippen LogP contribution in [0.15, 0.2) is 0 Å². The molecule has 0 radical (unpaired) electrons. The van der Waals surface area contributed by atoms with Gasteiger partial charge in [-0.3, -0.25) is 4.90 Å². The van der Waals surface area contributed by atoms with E-state index in [1.54, 1.807) is 0 Å². The number of rotatable bonds is 0. The van der Waals surface area contributed by atoms with Crippen molar-refractivity contribution in [1.82, 2.24) is 4.90 Å². The van der Waals surface area contributed by atoms with Crippen molar-refractivity contribution in [1.29, 1.82) is 0 Å². The van der Waals surface area contributed by atoms with E-state index in [-0.39, 0.29) is 0 Å². The Morgan fingerprint density at radius 2 is 2.11 bits per heavy atom. The quantitative estimate of drug-likeness (QED) is 0.482. The van der Waals surface area contributed by atoms with E-state index in [0.29, 0.717) is 12.0 Å². The van der Waals surface area contributed by atoms with E-state index in [1.807, 2.05) is 0 Å². The van der Waals surface area contributed by atoms with Crippen LogP contribution < -0.4 is 0 Å². The van der Waals surface area contributed by atoms with Crippen molar-refractivity contribution in [3.8, 4) is 0 Å². The van der Waals surface area contributed by atoms with Crippen LogP contribution >= 0.6 is 0 Å². The Bertz CT molecular complexity index is 94.9. The monoisotopic (exact) mass is 129 g/mol. The molecule has 1 aliphatic rings. The summed E-state index contributed by atoms with van der Waals surface area (Å²) < 4.78 is 5.43. The third kappa shape index (κ3) is 1.66. The van der Waals surface area contributed by atoms with Gasteiger partial charge in [-0.25, -0.2) is 0 Å². The van der Waals surface area contributed by atoms with Crippen LogP contribution in [0, 0.1) is 5.92 Å². The van der Waals surface area contributed by atoms with Gasteiger partial charge >= 0.3 is 0 Å². The summed E-state index contributed by atoms with van der Waals surface area (Å²) in [5, 5.41) is 0. The second-order valence-corrected chi connectivity index (χ2v) is 3.02. The Morgan fingerprint density at radius 3 is 2.56 bits per heavy atom. The average Bonchev–Trinajstić information content (AvgIpc) is 1.80. The fourth-order valence-electron chi connectivity index (χ4n) is 1.10. The first-order valence-corrected chi connectivity index (χ1v) is 3.50. The molecular weight excluding hydrogens is 114 g/mol. The molecule has 1 saturated heterocycles. The van der Waals surface area contributed by atoms with Gasteiger partial charge in [-0.15, -0.1) is 0 Å². The van der Waals surface area contributed by atoms with Crippen LogP contribution in [-0.2, 0) is 4.74 Å². The minimum absolute atomic E-state index is 0.446. The van der Waals surface area contributed by atoms with E-state index in [4.69, 9.17) is 4.74 Å². The van der Waals surface area contributed by atoms with Crippen LogP contribution in [0.2, 0.25) is 0 Å². The van der Waals surface area contributed by atoms with Crippen molar-refractivity contribution >= 4 is 0 Å². The Labute approximate surface area is 56.8 Å². The maximum Gasteiger partial charge on any atom is 0.0991 e. The fraction of sp³-hybridized carbons (Fsp3) is 1.00. The Hall–Kier alpha value is -0.0800. The van der Waals surface area contributed by atoms with Crippen molar-refractivity contribution in [2.45, 2.75) is 20.0 Å². The maximum atomic E-state index is 5.43. The largest absolute Gasteiger partial charge is 0.363 e. The van der Waals surface area contributed by atoms with E-state index in [2.05, 4.69) is 25.8 Å². The van der Waals surface area contributed by atoms with Gasteiger partial charge in [0.1, 0.15) is 0 Å². The lowest BCUT2D eigenvalue weighted by Crippen LogP contribution is -2.40. The van der Waals surface area contributed by atoms with E-state index in [0.717, 1.165) is 6.73 Å². The lowest BCUT2D eigenvalue weighted by Gasteiger charge is -2.32. The molecule has 0 aliphatic carbocycles. The number of hydrogen-bond donors (Lipinski definition) is 0. The first-order valence-electron chi connectivity index (χ1n) is 3.50. The highest BCUT2D eigenvalue weighted by Gasteiger charge is 2.19. The summed E-state index contributed by atoms with van der Waals surface area (Å²) >= 11 is 0. The molecule has 1 rings (SSSR count). The Morgan fingerprint density at radius 1 is 1.44 bits per heavy atom. The molecule has 0 spiro atoms. The van der Waals surface area contributed by atoms with Crippen molar-refractivity contribution < 1.29 is 4.74 Å². The highest BCUT2D eigenvalue weighted by Crippen LogP contribution is 2.13. The third-order valence-electron chi connectivity index (χ3n) is 1.96. The number of hydrogen-bond acceptors (Lipinski definition) is 2. The average molecular weight is 129 g/mol. The van der Waals surface area contributed by atoms with Crippen molar-refractivity contribution in [3.63, 3.8) is 0 Å². The lowest BCUT2D eigenvalue weighted by atomic mass is 10.1. The summed E-state index contributed by atoms with van der Waals surface area (Å²) in [5.74, 6) is 0.684. The van der Waals surface area contributed by atoms with Gasteiger partial charge in [-0.2, -0.15) is 0 Å². The zero-order chi connectivity index (χ0) is 6.85. The molecule has 1 heterocycles. The Kier molecular flexibility index (Phi) is 2.09. The fourth-order valence-corrected chi connectivity index (χ4v) is 1.10. The summed E-state index contributed by atoms with van der Waals surface area (Å²) in [7, 11) is 2.09. The molecule has 0 bridgehead atoms. The molecular formula is C7H15NO. The Balaban J connectivity index is 2.35. The molecule has 54 valence electrons. The van der Waals surface area contributed by atoms with Crippen molar-refractivity contribution in [2.75, 3.05) is 20.3 Å². The van der Waals surface area contributed by atoms with Crippen LogP contribution in [0.1, 0.15) is 13.8 Å². The van der Waals surface area contributed by atoms with Gasteiger partial charge in [0.2, 0.25) is 0 Å². The van der Waals surface area contributed by atoms with Gasteiger partial charge in [0.25, 0.3) is 0 Å². The minimum Gasteiger partial charge on any atom is -0.363 e. The minimum atomic E-state index is 0.446. The highest BCUT2D eigenvalue weighted by atomic mass is 16.5. The molecule has 0 amide bonds. The van der Waals surface area contributed by atoms with Crippen LogP contribution in [0.5, 0.6) is 0 Å². The molecule has 1 fully saturated rings. The first kappa shape index (κ1) is 7.03. The van der Waals surface area contributed by atoms with Gasteiger partial charge in [-0.05, 0) is 19.9 Å². The van der Waals surface area contributed by atoms with E-state index < -0.39 is 0 Å². The molecule has 2 nitrogen and oxygen atoms in total. The van der Waals surface area contributed by atoms with Gasteiger partial charge in [-0.1, -0.05) is 6.92 Å². The second kappa shape index (κ2) is 2.67. The number of nitrogens with zero attached hydrogens (tertiary/aromatic N) is 1. The summed E-state index contributed by atoms with van der Waals surface area (Å²) in [6.45, 7) is 6.32. The molecule has 0 saturated carbocycles. The maximum absolute atomic E-state index is 5.43. The topological polar surface area (TPSA) is 12.5 Å². The summed E-state index contributed by atoms with van der Waals surface area (Å²) in [5.41, 5.74) is 0. The molecule has 2 heteroatoms. The van der Waals surface area contributed by atoms with Crippen LogP contribution in [0.4, 0.5) is 0 Å². The zero-order valence-electron chi connectivity index (χ0n) is 6.42. The van der Waals surface area contributed by atoms with Crippen LogP contribution in [-0.4, -0.2) is 31.3 Å². The third-order valence-corrected chi connectivity index (χ3v) is 1.96. The standard InChI is InChI=1S/C7H15NO/c1-6-4-8(3)5-9-7(6)2/h6-7H,4-5H2,1-3H3/t6-,7+/m1/s1. The predicted octanol–water partition coefficient (Wildman–Crippen LogP) is 0.930. The summed E-state index contributed by atoms with van der Waals surface area (Å²) in [6, 6.07) is 0.